The fourth-order valence-corrected chi connectivity index (χ4v) is 2.90. The fourth-order valence-electron chi connectivity index (χ4n) is 2.70. The molecule has 1 aliphatic rings. The first kappa shape index (κ1) is 18.2. The summed E-state index contributed by atoms with van der Waals surface area (Å²) in [6.45, 7) is 6.40. The topological polar surface area (TPSA) is 53.0 Å². The number of aliphatic hydroxyl groups is 1. The quantitative estimate of drug-likeness (QED) is 0.815. The third-order valence-electron chi connectivity index (χ3n) is 4.01. The molecular formula is C17H25ClN2O3. The Balaban J connectivity index is 1.75. The lowest BCUT2D eigenvalue weighted by Crippen LogP contribution is -2.51. The number of hydrogen-bond donors (Lipinski definition) is 1. The molecule has 0 unspecified atom stereocenters. The summed E-state index contributed by atoms with van der Waals surface area (Å²) in [6.07, 6.45) is -0.132. The van der Waals surface area contributed by atoms with Gasteiger partial charge in [0.05, 0.1) is 19.1 Å². The van der Waals surface area contributed by atoms with Crippen molar-refractivity contribution in [2.75, 3.05) is 45.9 Å². The van der Waals surface area contributed by atoms with E-state index in [0.29, 0.717) is 44.3 Å². The Bertz CT molecular complexity index is 504. The van der Waals surface area contributed by atoms with Crippen LogP contribution >= 0.6 is 11.6 Å². The highest BCUT2D eigenvalue weighted by molar-refractivity contribution is 6.31. The zero-order chi connectivity index (χ0) is 16.7. The van der Waals surface area contributed by atoms with Crippen molar-refractivity contribution in [2.45, 2.75) is 19.4 Å². The Kier molecular flexibility index (Phi) is 7.30. The van der Waals surface area contributed by atoms with E-state index in [-0.39, 0.29) is 5.91 Å². The van der Waals surface area contributed by atoms with Crippen LogP contribution < -0.4 is 0 Å². The Labute approximate surface area is 142 Å². The second kappa shape index (κ2) is 9.23. The second-order valence-electron chi connectivity index (χ2n) is 5.76. The number of ether oxygens (including phenoxy) is 1. The van der Waals surface area contributed by atoms with E-state index in [0.717, 1.165) is 18.7 Å². The number of nitrogens with zero attached hydrogens (tertiary/aromatic N) is 2. The lowest BCUT2D eigenvalue weighted by Gasteiger charge is -2.35. The van der Waals surface area contributed by atoms with Crippen LogP contribution in [0.2, 0.25) is 5.02 Å². The van der Waals surface area contributed by atoms with E-state index in [1.807, 2.05) is 36.1 Å². The molecule has 1 saturated heterocycles. The minimum absolute atomic E-state index is 0.104. The van der Waals surface area contributed by atoms with Gasteiger partial charge in [-0.2, -0.15) is 0 Å². The van der Waals surface area contributed by atoms with E-state index in [4.69, 9.17) is 16.3 Å². The van der Waals surface area contributed by atoms with Crippen molar-refractivity contribution in [2.24, 2.45) is 0 Å². The number of piperazine rings is 1. The molecule has 6 heteroatoms. The Hall–Kier alpha value is -1.14. The maximum atomic E-state index is 12.4. The molecule has 0 spiro atoms. The zero-order valence-electron chi connectivity index (χ0n) is 13.6. The van der Waals surface area contributed by atoms with Crippen molar-refractivity contribution in [3.8, 4) is 0 Å². The van der Waals surface area contributed by atoms with E-state index >= 15 is 0 Å². The SMILES string of the molecule is CCOC[C@H](O)CN1CCN(C(=O)Cc2ccccc2Cl)CC1. The number of carbonyl (C=O) groups excluding carboxylic acids is 1. The molecule has 1 heterocycles. The summed E-state index contributed by atoms with van der Waals surface area (Å²) in [5.41, 5.74) is 0.869. The Morgan fingerprint density at radius 3 is 2.65 bits per heavy atom. The third kappa shape index (κ3) is 5.77. The largest absolute Gasteiger partial charge is 0.389 e. The van der Waals surface area contributed by atoms with Gasteiger partial charge in [-0.1, -0.05) is 29.8 Å². The smallest absolute Gasteiger partial charge is 0.227 e. The van der Waals surface area contributed by atoms with Crippen LogP contribution in [-0.2, 0) is 16.0 Å². The average Bonchev–Trinajstić information content (AvgIpc) is 2.55. The monoisotopic (exact) mass is 340 g/mol. The number of carbonyl (C=O) groups is 1. The van der Waals surface area contributed by atoms with Gasteiger partial charge in [-0.25, -0.2) is 0 Å². The average molecular weight is 341 g/mol. The van der Waals surface area contributed by atoms with Gasteiger partial charge in [-0.05, 0) is 18.6 Å². The van der Waals surface area contributed by atoms with Crippen LogP contribution in [0.25, 0.3) is 0 Å². The molecule has 1 aromatic rings. The van der Waals surface area contributed by atoms with Crippen molar-refractivity contribution in [1.29, 1.82) is 0 Å². The molecule has 128 valence electrons. The van der Waals surface area contributed by atoms with Gasteiger partial charge in [0.1, 0.15) is 0 Å². The van der Waals surface area contributed by atoms with Crippen LogP contribution in [0.3, 0.4) is 0 Å². The summed E-state index contributed by atoms with van der Waals surface area (Å²) in [5, 5.41) is 10.5. The number of hydrogen-bond acceptors (Lipinski definition) is 4. The van der Waals surface area contributed by atoms with Crippen LogP contribution in [0.5, 0.6) is 0 Å². The first-order chi connectivity index (χ1) is 11.1. The zero-order valence-corrected chi connectivity index (χ0v) is 14.3. The summed E-state index contributed by atoms with van der Waals surface area (Å²) in [7, 11) is 0. The minimum atomic E-state index is -0.472. The summed E-state index contributed by atoms with van der Waals surface area (Å²) in [4.78, 5) is 16.4. The van der Waals surface area contributed by atoms with Gasteiger partial charge in [0, 0.05) is 44.4 Å². The Morgan fingerprint density at radius 2 is 2.00 bits per heavy atom. The van der Waals surface area contributed by atoms with Crippen LogP contribution in [0.4, 0.5) is 0 Å². The predicted molar refractivity (Wildman–Crippen MR) is 90.7 cm³/mol. The van der Waals surface area contributed by atoms with E-state index in [1.165, 1.54) is 0 Å². The van der Waals surface area contributed by atoms with Crippen molar-refractivity contribution in [3.63, 3.8) is 0 Å². The molecule has 0 aliphatic carbocycles. The van der Waals surface area contributed by atoms with Crippen LogP contribution in [0.15, 0.2) is 24.3 Å². The molecule has 5 nitrogen and oxygen atoms in total. The van der Waals surface area contributed by atoms with E-state index < -0.39 is 6.10 Å². The van der Waals surface area contributed by atoms with Crippen molar-refractivity contribution in [1.82, 2.24) is 9.80 Å². The van der Waals surface area contributed by atoms with Gasteiger partial charge in [-0.3, -0.25) is 9.69 Å². The molecule has 1 aromatic carbocycles. The van der Waals surface area contributed by atoms with Gasteiger partial charge < -0.3 is 14.7 Å². The number of benzene rings is 1. The molecule has 0 radical (unpaired) electrons. The molecule has 1 fully saturated rings. The lowest BCUT2D eigenvalue weighted by molar-refractivity contribution is -0.132. The molecule has 1 aliphatic heterocycles. The number of aliphatic hydroxyl groups excluding tert-OH is 1. The molecule has 23 heavy (non-hydrogen) atoms. The normalized spacial score (nSPS) is 17.3. The number of rotatable bonds is 7. The van der Waals surface area contributed by atoms with Gasteiger partial charge in [0.15, 0.2) is 0 Å². The van der Waals surface area contributed by atoms with Crippen molar-refractivity contribution in [3.05, 3.63) is 34.9 Å². The van der Waals surface area contributed by atoms with Crippen LogP contribution in [0, 0.1) is 0 Å². The van der Waals surface area contributed by atoms with Crippen molar-refractivity contribution < 1.29 is 14.6 Å². The van der Waals surface area contributed by atoms with E-state index in [9.17, 15) is 9.90 Å². The highest BCUT2D eigenvalue weighted by Gasteiger charge is 2.23. The summed E-state index contributed by atoms with van der Waals surface area (Å²) in [5.74, 6) is 0.104. The number of amides is 1. The molecule has 1 atom stereocenters. The molecule has 0 bridgehead atoms. The molecule has 2 rings (SSSR count). The van der Waals surface area contributed by atoms with Crippen LogP contribution in [-0.4, -0.2) is 72.9 Å². The van der Waals surface area contributed by atoms with E-state index in [1.54, 1.807) is 0 Å². The van der Waals surface area contributed by atoms with Gasteiger partial charge in [0.2, 0.25) is 5.91 Å². The Morgan fingerprint density at radius 1 is 1.30 bits per heavy atom. The fraction of sp³-hybridized carbons (Fsp3) is 0.588. The standard InChI is InChI=1S/C17H25ClN2O3/c1-2-23-13-15(21)12-19-7-9-20(10-8-19)17(22)11-14-5-3-4-6-16(14)18/h3-6,15,21H,2,7-13H2,1H3/t15-/m1/s1. The summed E-state index contributed by atoms with van der Waals surface area (Å²) in [6, 6.07) is 7.46. The van der Waals surface area contributed by atoms with Crippen molar-refractivity contribution >= 4 is 17.5 Å². The lowest BCUT2D eigenvalue weighted by atomic mass is 10.1. The van der Waals surface area contributed by atoms with E-state index in [2.05, 4.69) is 4.90 Å². The van der Waals surface area contributed by atoms with Gasteiger partial charge >= 0.3 is 0 Å². The summed E-state index contributed by atoms with van der Waals surface area (Å²) < 4.78 is 5.22. The predicted octanol–water partition coefficient (Wildman–Crippen LogP) is 1.42. The number of halogens is 1. The molecule has 0 saturated carbocycles. The second-order valence-corrected chi connectivity index (χ2v) is 6.17. The number of β-amino-alcohol motifs (C(OH)–C–C–N with tert-alkyl or cyclic N) is 1. The van der Waals surface area contributed by atoms with Crippen LogP contribution in [0.1, 0.15) is 12.5 Å². The maximum absolute atomic E-state index is 12.4. The first-order valence-electron chi connectivity index (χ1n) is 8.09. The highest BCUT2D eigenvalue weighted by Crippen LogP contribution is 2.16. The summed E-state index contributed by atoms with van der Waals surface area (Å²) >= 11 is 6.11. The molecule has 1 N–H and O–H groups in total. The van der Waals surface area contributed by atoms with Gasteiger partial charge in [0.25, 0.3) is 0 Å². The minimum Gasteiger partial charge on any atom is -0.389 e. The molecular weight excluding hydrogens is 316 g/mol. The molecule has 1 amide bonds. The first-order valence-corrected chi connectivity index (χ1v) is 8.47. The molecule has 0 aromatic heterocycles. The third-order valence-corrected chi connectivity index (χ3v) is 4.38. The van der Waals surface area contributed by atoms with Gasteiger partial charge in [-0.15, -0.1) is 0 Å². The maximum Gasteiger partial charge on any atom is 0.227 e. The highest BCUT2D eigenvalue weighted by atomic mass is 35.5.